The van der Waals surface area contributed by atoms with Gasteiger partial charge in [0.05, 0.1) is 23.7 Å². The van der Waals surface area contributed by atoms with Gasteiger partial charge < -0.3 is 14.5 Å². The van der Waals surface area contributed by atoms with E-state index < -0.39 is 0 Å². The van der Waals surface area contributed by atoms with Crippen molar-refractivity contribution in [3.05, 3.63) is 72.8 Å². The maximum absolute atomic E-state index is 6.17. The predicted octanol–water partition coefficient (Wildman–Crippen LogP) is 4.14. The number of ether oxygens (including phenoxy) is 1. The molecule has 0 saturated carbocycles. The van der Waals surface area contributed by atoms with E-state index in [-0.39, 0.29) is 0 Å². The number of hydrazine groups is 2. The van der Waals surface area contributed by atoms with Crippen LogP contribution in [0, 0.1) is 0 Å². The molecule has 0 saturated heterocycles. The minimum atomic E-state index is 0.767. The van der Waals surface area contributed by atoms with E-state index in [0.717, 1.165) is 29.5 Å². The number of benzene rings is 3. The van der Waals surface area contributed by atoms with Crippen LogP contribution >= 0.6 is 0 Å². The lowest BCUT2D eigenvalue weighted by atomic mass is 10.2. The highest BCUT2D eigenvalue weighted by Crippen LogP contribution is 2.40. The molecule has 7 nitrogen and oxygen atoms in total. The first-order valence-electron chi connectivity index (χ1n) is 9.46. The first kappa shape index (κ1) is 17.4. The van der Waals surface area contributed by atoms with Gasteiger partial charge in [-0.15, -0.1) is 10.6 Å². The summed E-state index contributed by atoms with van der Waals surface area (Å²) in [6.07, 6.45) is 1.72. The highest BCUT2D eigenvalue weighted by molar-refractivity contribution is 5.82. The molecule has 0 radical (unpaired) electrons. The summed E-state index contributed by atoms with van der Waals surface area (Å²) < 4.78 is 6.17. The van der Waals surface area contributed by atoms with Gasteiger partial charge in [0, 0.05) is 31.9 Å². The maximum atomic E-state index is 6.17. The molecular formula is C22H22N6O. The van der Waals surface area contributed by atoms with Gasteiger partial charge in [-0.2, -0.15) is 0 Å². The molecule has 146 valence electrons. The third-order valence-electron chi connectivity index (χ3n) is 4.99. The zero-order valence-corrected chi connectivity index (χ0v) is 16.4. The highest BCUT2D eigenvalue weighted by atomic mass is 16.5. The van der Waals surface area contributed by atoms with Crippen LogP contribution in [0.15, 0.2) is 77.9 Å². The summed E-state index contributed by atoms with van der Waals surface area (Å²) in [5, 5.41) is 7.64. The fourth-order valence-corrected chi connectivity index (χ4v) is 3.61. The van der Waals surface area contributed by atoms with Crippen LogP contribution < -0.4 is 25.1 Å². The van der Waals surface area contributed by atoms with Crippen molar-refractivity contribution in [2.24, 2.45) is 5.10 Å². The fraction of sp³-hybridized carbons (Fsp3) is 0.136. The second-order valence-corrected chi connectivity index (χ2v) is 7.08. The fourth-order valence-electron chi connectivity index (χ4n) is 3.61. The first-order valence-corrected chi connectivity index (χ1v) is 9.46. The molecule has 3 aromatic rings. The van der Waals surface area contributed by atoms with Gasteiger partial charge in [0.25, 0.3) is 0 Å². The van der Waals surface area contributed by atoms with Crippen LogP contribution in [0.1, 0.15) is 0 Å². The molecule has 0 atom stereocenters. The summed E-state index contributed by atoms with van der Waals surface area (Å²) in [7, 11) is 3.95. The van der Waals surface area contributed by atoms with E-state index in [2.05, 4.69) is 63.9 Å². The number of fused-ring (bicyclic) bond motifs is 1. The second kappa shape index (κ2) is 7.03. The summed E-state index contributed by atoms with van der Waals surface area (Å²) in [6, 6.07) is 24.5. The lowest BCUT2D eigenvalue weighted by Gasteiger charge is -2.20. The third kappa shape index (κ3) is 3.32. The Morgan fingerprint density at radius 3 is 2.24 bits per heavy atom. The highest BCUT2D eigenvalue weighted by Gasteiger charge is 2.24. The number of hydrogen-bond donors (Lipinski definition) is 1. The molecule has 0 unspecified atom stereocenters. The Hall–Kier alpha value is -3.71. The molecule has 1 N–H and O–H groups in total. The van der Waals surface area contributed by atoms with Crippen molar-refractivity contribution < 1.29 is 4.74 Å². The molecule has 7 heteroatoms. The molecule has 3 aromatic carbocycles. The van der Waals surface area contributed by atoms with Crippen LogP contribution in [-0.4, -0.2) is 32.2 Å². The standard InChI is InChI=1S/C22H22N6O/c1-25-16-27(22-12-4-3-11-21(22)25)17-7-5-9-19(13-17)29-20-10-6-8-18(14-20)28-15-23-26(2)24-28/h3-15,24H,16H2,1-2H3. The van der Waals surface area contributed by atoms with Gasteiger partial charge >= 0.3 is 0 Å². The smallest absolute Gasteiger partial charge is 0.133 e. The SMILES string of the molecule is CN1N=CN(c2cccc(Oc3cccc(N4CN(C)c5ccccc54)c3)c2)N1. The lowest BCUT2D eigenvalue weighted by Crippen LogP contribution is -2.38. The molecule has 0 fully saturated rings. The summed E-state index contributed by atoms with van der Waals surface area (Å²) in [6.45, 7) is 0.811. The minimum Gasteiger partial charge on any atom is -0.457 e. The van der Waals surface area contributed by atoms with Gasteiger partial charge in [-0.25, -0.2) is 10.1 Å². The van der Waals surface area contributed by atoms with Crippen molar-refractivity contribution in [1.82, 2.24) is 10.7 Å². The second-order valence-electron chi connectivity index (χ2n) is 7.08. The van der Waals surface area contributed by atoms with E-state index in [0.29, 0.717) is 0 Å². The summed E-state index contributed by atoms with van der Waals surface area (Å²) in [5.41, 5.74) is 7.59. The van der Waals surface area contributed by atoms with Gasteiger partial charge in [0.1, 0.15) is 17.8 Å². The van der Waals surface area contributed by atoms with Gasteiger partial charge in [-0.3, -0.25) is 0 Å². The Morgan fingerprint density at radius 2 is 1.52 bits per heavy atom. The molecule has 0 aromatic heterocycles. The monoisotopic (exact) mass is 386 g/mol. The van der Waals surface area contributed by atoms with E-state index in [9.17, 15) is 0 Å². The molecule has 0 spiro atoms. The van der Waals surface area contributed by atoms with Crippen molar-refractivity contribution in [2.45, 2.75) is 0 Å². The van der Waals surface area contributed by atoms with Crippen molar-refractivity contribution >= 4 is 29.1 Å². The third-order valence-corrected chi connectivity index (χ3v) is 4.99. The van der Waals surface area contributed by atoms with E-state index in [4.69, 9.17) is 4.74 Å². The molecule has 2 aliphatic heterocycles. The number of nitrogens with one attached hydrogen (secondary N) is 1. The molecular weight excluding hydrogens is 364 g/mol. The first-order chi connectivity index (χ1) is 14.2. The minimum absolute atomic E-state index is 0.767. The van der Waals surface area contributed by atoms with Crippen LogP contribution in [0.25, 0.3) is 0 Å². The lowest BCUT2D eigenvalue weighted by molar-refractivity contribution is 0.279. The normalized spacial score (nSPS) is 15.2. The van der Waals surface area contributed by atoms with Crippen molar-refractivity contribution in [3.8, 4) is 11.5 Å². The van der Waals surface area contributed by atoms with Crippen LogP contribution in [0.5, 0.6) is 11.5 Å². The molecule has 0 amide bonds. The van der Waals surface area contributed by atoms with Gasteiger partial charge in [-0.1, -0.05) is 24.3 Å². The maximum Gasteiger partial charge on any atom is 0.133 e. The Labute approximate surface area is 170 Å². The van der Waals surface area contributed by atoms with Crippen LogP contribution in [-0.2, 0) is 0 Å². The number of hydrogen-bond acceptors (Lipinski definition) is 7. The molecule has 0 aliphatic carbocycles. The molecule has 0 bridgehead atoms. The average Bonchev–Trinajstić information content (AvgIpc) is 3.32. The number of nitrogens with zero attached hydrogens (tertiary/aromatic N) is 5. The van der Waals surface area contributed by atoms with Gasteiger partial charge in [0.2, 0.25) is 0 Å². The van der Waals surface area contributed by atoms with Crippen molar-refractivity contribution in [3.63, 3.8) is 0 Å². The number of para-hydroxylation sites is 2. The molecule has 2 aliphatic rings. The zero-order chi connectivity index (χ0) is 19.8. The quantitative estimate of drug-likeness (QED) is 0.727. The topological polar surface area (TPSA) is 46.6 Å². The number of rotatable bonds is 4. The van der Waals surface area contributed by atoms with Crippen LogP contribution in [0.2, 0.25) is 0 Å². The summed E-state index contributed by atoms with van der Waals surface area (Å²) in [5.74, 6) is 1.56. The Bertz CT molecular complexity index is 1070. The van der Waals surface area contributed by atoms with E-state index in [1.54, 1.807) is 11.5 Å². The van der Waals surface area contributed by atoms with Crippen molar-refractivity contribution in [2.75, 3.05) is 35.6 Å². The predicted molar refractivity (Wildman–Crippen MR) is 117 cm³/mol. The van der Waals surface area contributed by atoms with Crippen LogP contribution in [0.4, 0.5) is 22.7 Å². The zero-order valence-electron chi connectivity index (χ0n) is 16.4. The van der Waals surface area contributed by atoms with E-state index in [1.165, 1.54) is 11.4 Å². The summed E-state index contributed by atoms with van der Waals surface area (Å²) >= 11 is 0. The van der Waals surface area contributed by atoms with E-state index >= 15 is 0 Å². The van der Waals surface area contributed by atoms with Crippen LogP contribution in [0.3, 0.4) is 0 Å². The molecule has 29 heavy (non-hydrogen) atoms. The summed E-state index contributed by atoms with van der Waals surface area (Å²) in [4.78, 5) is 4.53. The number of anilines is 4. The Kier molecular flexibility index (Phi) is 4.22. The average molecular weight is 386 g/mol. The number of hydrazone groups is 1. The van der Waals surface area contributed by atoms with Gasteiger partial charge in [-0.05, 0) is 36.4 Å². The Morgan fingerprint density at radius 1 is 0.828 bits per heavy atom. The van der Waals surface area contributed by atoms with Crippen molar-refractivity contribution in [1.29, 1.82) is 0 Å². The molecule has 2 heterocycles. The Balaban J connectivity index is 1.38. The van der Waals surface area contributed by atoms with E-state index in [1.807, 2.05) is 48.5 Å². The largest absolute Gasteiger partial charge is 0.457 e. The molecule has 5 rings (SSSR count). The van der Waals surface area contributed by atoms with Gasteiger partial charge in [0.15, 0.2) is 0 Å².